The minimum atomic E-state index is -0.881. The first-order valence-electron chi connectivity index (χ1n) is 7.34. The Balaban J connectivity index is 4.92. The zero-order valence-electron chi connectivity index (χ0n) is 13.3. The van der Waals surface area contributed by atoms with Gasteiger partial charge in [0.25, 0.3) is 0 Å². The Morgan fingerprint density at radius 3 is 1.85 bits per heavy atom. The highest BCUT2D eigenvalue weighted by Crippen LogP contribution is 2.16. The van der Waals surface area contributed by atoms with Crippen LogP contribution < -0.4 is 0 Å². The lowest BCUT2D eigenvalue weighted by Crippen LogP contribution is -2.46. The Hall–Kier alpha value is -1.10. The number of carbonyl (C=O) groups is 2. The van der Waals surface area contributed by atoms with E-state index in [1.165, 1.54) is 0 Å². The smallest absolute Gasteiger partial charge is 0.320 e. The molecule has 2 atom stereocenters. The number of aliphatic carboxylic acids is 2. The normalized spacial score (nSPS) is 14.8. The zero-order chi connectivity index (χ0) is 15.9. The molecular formula is C15H29NO4. The summed E-state index contributed by atoms with van der Waals surface area (Å²) in [6, 6.07) is -0.601. The molecule has 0 saturated heterocycles. The largest absolute Gasteiger partial charge is 0.481 e. The van der Waals surface area contributed by atoms with Gasteiger partial charge in [-0.05, 0) is 31.2 Å². The molecule has 0 radical (unpaired) electrons. The molecule has 5 nitrogen and oxygen atoms in total. The topological polar surface area (TPSA) is 77.8 Å². The number of carboxylic acid groups (broad SMARTS) is 2. The SMILES string of the molecule is CC(C)CCN(CC(C)C(=O)O)C(CC(C)C)C(=O)O. The highest BCUT2D eigenvalue weighted by Gasteiger charge is 2.28. The summed E-state index contributed by atoms with van der Waals surface area (Å²) in [5.41, 5.74) is 0. The predicted molar refractivity (Wildman–Crippen MR) is 78.7 cm³/mol. The quantitative estimate of drug-likeness (QED) is 0.645. The van der Waals surface area contributed by atoms with E-state index in [1.54, 1.807) is 6.92 Å². The standard InChI is InChI=1S/C15H29NO4/c1-10(2)6-7-16(9-12(5)14(17)18)13(15(19)20)8-11(3)4/h10-13H,6-9H2,1-5H3,(H,17,18)(H,19,20). The highest BCUT2D eigenvalue weighted by atomic mass is 16.4. The molecule has 118 valence electrons. The van der Waals surface area contributed by atoms with Gasteiger partial charge in [0.2, 0.25) is 0 Å². The second kappa shape index (κ2) is 8.95. The maximum atomic E-state index is 11.5. The summed E-state index contributed by atoms with van der Waals surface area (Å²) in [6.45, 7) is 10.7. The Labute approximate surface area is 122 Å². The zero-order valence-corrected chi connectivity index (χ0v) is 13.3. The maximum absolute atomic E-state index is 11.5. The first kappa shape index (κ1) is 18.9. The molecule has 0 saturated carbocycles. The molecule has 0 aromatic heterocycles. The predicted octanol–water partition coefficient (Wildman–Crippen LogP) is 2.55. The number of hydrogen-bond acceptors (Lipinski definition) is 3. The van der Waals surface area contributed by atoms with E-state index in [0.717, 1.165) is 6.42 Å². The number of carboxylic acids is 2. The summed E-state index contributed by atoms with van der Waals surface area (Å²) in [5, 5.41) is 18.5. The van der Waals surface area contributed by atoms with Crippen molar-refractivity contribution in [2.45, 2.75) is 53.5 Å². The first-order chi connectivity index (χ1) is 9.15. The Bertz CT molecular complexity index is 315. The Morgan fingerprint density at radius 1 is 0.950 bits per heavy atom. The van der Waals surface area contributed by atoms with Gasteiger partial charge in [0.1, 0.15) is 6.04 Å². The molecule has 0 spiro atoms. The molecule has 0 rings (SSSR count). The van der Waals surface area contributed by atoms with E-state index in [4.69, 9.17) is 5.11 Å². The Morgan fingerprint density at radius 2 is 1.50 bits per heavy atom. The second-order valence-corrected chi connectivity index (χ2v) is 6.40. The van der Waals surface area contributed by atoms with Gasteiger partial charge in [0, 0.05) is 6.54 Å². The van der Waals surface area contributed by atoms with Crippen LogP contribution >= 0.6 is 0 Å². The summed E-state index contributed by atoms with van der Waals surface area (Å²) in [4.78, 5) is 24.3. The fourth-order valence-electron chi connectivity index (χ4n) is 2.08. The molecule has 0 heterocycles. The van der Waals surface area contributed by atoms with Gasteiger partial charge in [-0.3, -0.25) is 14.5 Å². The van der Waals surface area contributed by atoms with Crippen molar-refractivity contribution in [2.75, 3.05) is 13.1 Å². The second-order valence-electron chi connectivity index (χ2n) is 6.40. The summed E-state index contributed by atoms with van der Waals surface area (Å²) in [7, 11) is 0. The number of nitrogens with zero attached hydrogens (tertiary/aromatic N) is 1. The molecule has 5 heteroatoms. The molecular weight excluding hydrogens is 258 g/mol. The van der Waals surface area contributed by atoms with Crippen LogP contribution in [0.4, 0.5) is 0 Å². The third-order valence-electron chi connectivity index (χ3n) is 3.34. The van der Waals surface area contributed by atoms with Crippen LogP contribution in [0.25, 0.3) is 0 Å². The van der Waals surface area contributed by atoms with Crippen molar-refractivity contribution in [3.05, 3.63) is 0 Å². The first-order valence-corrected chi connectivity index (χ1v) is 7.34. The lowest BCUT2D eigenvalue weighted by Gasteiger charge is -2.31. The van der Waals surface area contributed by atoms with Crippen LogP contribution in [-0.2, 0) is 9.59 Å². The molecule has 0 aliphatic carbocycles. The van der Waals surface area contributed by atoms with Gasteiger partial charge in [-0.25, -0.2) is 0 Å². The van der Waals surface area contributed by atoms with Crippen molar-refractivity contribution in [2.24, 2.45) is 17.8 Å². The van der Waals surface area contributed by atoms with Crippen LogP contribution in [0, 0.1) is 17.8 Å². The molecule has 20 heavy (non-hydrogen) atoms. The molecule has 0 aliphatic rings. The van der Waals surface area contributed by atoms with Crippen LogP contribution in [0.3, 0.4) is 0 Å². The molecule has 0 aromatic rings. The summed E-state index contributed by atoms with van der Waals surface area (Å²) >= 11 is 0. The van der Waals surface area contributed by atoms with E-state index in [1.807, 2.05) is 18.7 Å². The highest BCUT2D eigenvalue weighted by molar-refractivity contribution is 5.74. The minimum absolute atomic E-state index is 0.262. The van der Waals surface area contributed by atoms with E-state index in [2.05, 4.69) is 13.8 Å². The number of rotatable bonds is 10. The summed E-state index contributed by atoms with van der Waals surface area (Å²) in [6.07, 6.45) is 1.41. The van der Waals surface area contributed by atoms with Crippen LogP contribution in [0.1, 0.15) is 47.5 Å². The van der Waals surface area contributed by atoms with Crippen molar-refractivity contribution in [3.63, 3.8) is 0 Å². The van der Waals surface area contributed by atoms with Crippen molar-refractivity contribution in [1.29, 1.82) is 0 Å². The molecule has 0 fully saturated rings. The molecule has 2 N–H and O–H groups in total. The van der Waals surface area contributed by atoms with E-state index in [0.29, 0.717) is 18.9 Å². The summed E-state index contributed by atoms with van der Waals surface area (Å²) < 4.78 is 0. The molecule has 2 unspecified atom stereocenters. The Kier molecular flexibility index (Phi) is 8.46. The molecule has 0 aromatic carbocycles. The van der Waals surface area contributed by atoms with Crippen LogP contribution in [0.15, 0.2) is 0 Å². The van der Waals surface area contributed by atoms with Gasteiger partial charge in [0.15, 0.2) is 0 Å². The molecule has 0 bridgehead atoms. The van der Waals surface area contributed by atoms with Gasteiger partial charge in [-0.1, -0.05) is 34.6 Å². The van der Waals surface area contributed by atoms with E-state index >= 15 is 0 Å². The third-order valence-corrected chi connectivity index (χ3v) is 3.34. The third kappa shape index (κ3) is 7.48. The average Bonchev–Trinajstić information content (AvgIpc) is 2.30. The minimum Gasteiger partial charge on any atom is -0.481 e. The van der Waals surface area contributed by atoms with E-state index in [9.17, 15) is 14.7 Å². The van der Waals surface area contributed by atoms with Gasteiger partial charge < -0.3 is 10.2 Å². The van der Waals surface area contributed by atoms with Crippen molar-refractivity contribution < 1.29 is 19.8 Å². The van der Waals surface area contributed by atoms with Gasteiger partial charge in [-0.15, -0.1) is 0 Å². The van der Waals surface area contributed by atoms with Crippen molar-refractivity contribution in [1.82, 2.24) is 4.90 Å². The number of hydrogen-bond donors (Lipinski definition) is 2. The molecule has 0 amide bonds. The van der Waals surface area contributed by atoms with E-state index in [-0.39, 0.29) is 12.5 Å². The maximum Gasteiger partial charge on any atom is 0.320 e. The molecule has 0 aliphatic heterocycles. The van der Waals surface area contributed by atoms with E-state index < -0.39 is 23.9 Å². The summed E-state index contributed by atoms with van der Waals surface area (Å²) in [5.74, 6) is -1.58. The fraction of sp³-hybridized carbons (Fsp3) is 0.867. The lowest BCUT2D eigenvalue weighted by molar-refractivity contribution is -0.147. The fourth-order valence-corrected chi connectivity index (χ4v) is 2.08. The average molecular weight is 287 g/mol. The van der Waals surface area contributed by atoms with Gasteiger partial charge >= 0.3 is 11.9 Å². The van der Waals surface area contributed by atoms with Gasteiger partial charge in [0.05, 0.1) is 5.92 Å². The van der Waals surface area contributed by atoms with Gasteiger partial charge in [-0.2, -0.15) is 0 Å². The van der Waals surface area contributed by atoms with Crippen molar-refractivity contribution >= 4 is 11.9 Å². The lowest BCUT2D eigenvalue weighted by atomic mass is 10.00. The van der Waals surface area contributed by atoms with Crippen LogP contribution in [-0.4, -0.2) is 46.2 Å². The monoisotopic (exact) mass is 287 g/mol. The van der Waals surface area contributed by atoms with Crippen LogP contribution in [0.5, 0.6) is 0 Å². The van der Waals surface area contributed by atoms with Crippen LogP contribution in [0.2, 0.25) is 0 Å². The van der Waals surface area contributed by atoms with Crippen molar-refractivity contribution in [3.8, 4) is 0 Å².